The summed E-state index contributed by atoms with van der Waals surface area (Å²) < 4.78 is 4.78. The average Bonchev–Trinajstić information content (AvgIpc) is 2.86. The molecule has 0 aromatic rings. The fourth-order valence-corrected chi connectivity index (χ4v) is 0.925. The van der Waals surface area contributed by atoms with Gasteiger partial charge in [-0.05, 0) is 12.3 Å². The Morgan fingerprint density at radius 2 is 2.33 bits per heavy atom. The van der Waals surface area contributed by atoms with Gasteiger partial charge in [0, 0.05) is 6.54 Å². The molecule has 1 fully saturated rings. The summed E-state index contributed by atoms with van der Waals surface area (Å²) in [6, 6.07) is 0. The van der Waals surface area contributed by atoms with Crippen LogP contribution >= 0.6 is 0 Å². The van der Waals surface area contributed by atoms with Crippen LogP contribution in [0.4, 0.5) is 0 Å². The zero-order chi connectivity index (χ0) is 8.97. The summed E-state index contributed by atoms with van der Waals surface area (Å²) >= 11 is 0. The number of aliphatic hydroxyl groups excluding tert-OH is 1. The summed E-state index contributed by atoms with van der Waals surface area (Å²) in [5, 5.41) is 8.91. The summed E-state index contributed by atoms with van der Waals surface area (Å²) in [6.07, 6.45) is 2.26. The lowest BCUT2D eigenvalue weighted by Crippen LogP contribution is -2.31. The summed E-state index contributed by atoms with van der Waals surface area (Å²) in [7, 11) is 0. The number of carbonyl (C=O) groups excluding carboxylic acids is 1. The first-order chi connectivity index (χ1) is 5.74. The van der Waals surface area contributed by atoms with E-state index in [4.69, 9.17) is 15.6 Å². The molecule has 1 rings (SSSR count). The van der Waals surface area contributed by atoms with E-state index in [1.54, 1.807) is 0 Å². The minimum atomic E-state index is -1.15. The molecule has 3 N–H and O–H groups in total. The van der Waals surface area contributed by atoms with Crippen molar-refractivity contribution in [1.29, 1.82) is 0 Å². The van der Waals surface area contributed by atoms with Crippen molar-refractivity contribution in [1.82, 2.24) is 0 Å². The number of hydrogen-bond acceptors (Lipinski definition) is 4. The first kappa shape index (κ1) is 9.48. The number of ether oxygens (including phenoxy) is 1. The number of nitrogens with two attached hydrogens (primary N) is 1. The summed E-state index contributed by atoms with van der Waals surface area (Å²) in [5.74, 6) is 0.144. The van der Waals surface area contributed by atoms with Crippen molar-refractivity contribution in [3.63, 3.8) is 0 Å². The highest BCUT2D eigenvalue weighted by Crippen LogP contribution is 2.32. The molecule has 1 saturated carbocycles. The molecule has 4 nitrogen and oxygen atoms in total. The molecule has 0 aromatic heterocycles. The smallest absolute Gasteiger partial charge is 0.336 e. The molecular weight excluding hydrogens is 158 g/mol. The van der Waals surface area contributed by atoms with Crippen LogP contribution in [0.5, 0.6) is 0 Å². The maximum atomic E-state index is 10.8. The average molecular weight is 173 g/mol. The highest BCUT2D eigenvalue weighted by atomic mass is 16.5. The van der Waals surface area contributed by atoms with Crippen LogP contribution in [-0.4, -0.2) is 30.3 Å². The normalized spacial score (nSPS) is 18.8. The lowest BCUT2D eigenvalue weighted by atomic mass is 10.3. The predicted molar refractivity (Wildman–Crippen MR) is 43.4 cm³/mol. The number of carbonyl (C=O) groups is 1. The fraction of sp³-hybridized carbons (Fsp3) is 0.875. The molecular formula is C8H15NO3. The summed E-state index contributed by atoms with van der Waals surface area (Å²) in [5.41, 5.74) is 5.07. The third-order valence-corrected chi connectivity index (χ3v) is 1.96. The van der Waals surface area contributed by atoms with Crippen molar-refractivity contribution in [2.45, 2.75) is 25.4 Å². The second-order valence-electron chi connectivity index (χ2n) is 3.15. The van der Waals surface area contributed by atoms with Gasteiger partial charge in [-0.25, -0.2) is 4.79 Å². The fourth-order valence-electron chi connectivity index (χ4n) is 0.925. The zero-order valence-corrected chi connectivity index (χ0v) is 7.03. The monoisotopic (exact) mass is 173 g/mol. The van der Waals surface area contributed by atoms with Crippen molar-refractivity contribution in [2.24, 2.45) is 11.7 Å². The Kier molecular flexibility index (Phi) is 3.49. The number of esters is 1. The second-order valence-corrected chi connectivity index (χ2v) is 3.15. The van der Waals surface area contributed by atoms with Gasteiger partial charge >= 0.3 is 5.97 Å². The molecule has 0 saturated heterocycles. The molecule has 1 aliphatic carbocycles. The standard InChI is InChI=1S/C8H15NO3/c9-5-7(10)8(11)12-4-3-6-1-2-6/h6-7,10H,1-5,9H2/t7-/m0/s1. The van der Waals surface area contributed by atoms with Gasteiger partial charge in [-0.3, -0.25) is 0 Å². The molecule has 0 spiro atoms. The van der Waals surface area contributed by atoms with E-state index in [1.165, 1.54) is 12.8 Å². The number of rotatable bonds is 5. The zero-order valence-electron chi connectivity index (χ0n) is 7.03. The van der Waals surface area contributed by atoms with E-state index in [2.05, 4.69) is 0 Å². The van der Waals surface area contributed by atoms with Gasteiger partial charge in [0.25, 0.3) is 0 Å². The maximum Gasteiger partial charge on any atom is 0.336 e. The Hall–Kier alpha value is -0.610. The molecule has 0 amide bonds. The van der Waals surface area contributed by atoms with Crippen molar-refractivity contribution in [2.75, 3.05) is 13.2 Å². The topological polar surface area (TPSA) is 72.5 Å². The largest absolute Gasteiger partial charge is 0.464 e. The molecule has 0 unspecified atom stereocenters. The van der Waals surface area contributed by atoms with Crippen LogP contribution in [0.15, 0.2) is 0 Å². The van der Waals surface area contributed by atoms with Crippen molar-refractivity contribution < 1.29 is 14.6 Å². The SMILES string of the molecule is NC[C@H](O)C(=O)OCCC1CC1. The molecule has 0 radical (unpaired) electrons. The Morgan fingerprint density at radius 1 is 1.67 bits per heavy atom. The number of hydrogen-bond donors (Lipinski definition) is 2. The lowest BCUT2D eigenvalue weighted by Gasteiger charge is -2.07. The maximum absolute atomic E-state index is 10.8. The first-order valence-corrected chi connectivity index (χ1v) is 4.29. The molecule has 0 bridgehead atoms. The Labute approximate surface area is 71.7 Å². The molecule has 70 valence electrons. The Bertz CT molecular complexity index is 156. The van der Waals surface area contributed by atoms with Crippen LogP contribution in [0, 0.1) is 5.92 Å². The van der Waals surface area contributed by atoms with Crippen LogP contribution in [0.1, 0.15) is 19.3 Å². The van der Waals surface area contributed by atoms with Gasteiger partial charge < -0.3 is 15.6 Å². The molecule has 0 aromatic carbocycles. The van der Waals surface area contributed by atoms with E-state index in [1.807, 2.05) is 0 Å². The van der Waals surface area contributed by atoms with E-state index in [-0.39, 0.29) is 6.54 Å². The van der Waals surface area contributed by atoms with Gasteiger partial charge in [0.05, 0.1) is 6.61 Å². The molecule has 0 aliphatic heterocycles. The first-order valence-electron chi connectivity index (χ1n) is 4.29. The molecule has 4 heteroatoms. The highest BCUT2D eigenvalue weighted by molar-refractivity contribution is 5.74. The molecule has 0 heterocycles. The highest BCUT2D eigenvalue weighted by Gasteiger charge is 2.22. The van der Waals surface area contributed by atoms with Crippen LogP contribution in [0.3, 0.4) is 0 Å². The van der Waals surface area contributed by atoms with Crippen molar-refractivity contribution >= 4 is 5.97 Å². The molecule has 1 atom stereocenters. The summed E-state index contributed by atoms with van der Waals surface area (Å²) in [6.45, 7) is 0.350. The van der Waals surface area contributed by atoms with E-state index in [9.17, 15) is 4.79 Å². The Morgan fingerprint density at radius 3 is 2.83 bits per heavy atom. The number of aliphatic hydroxyl groups is 1. The van der Waals surface area contributed by atoms with Gasteiger partial charge in [0.1, 0.15) is 0 Å². The second kappa shape index (κ2) is 4.42. The van der Waals surface area contributed by atoms with Crippen LogP contribution in [0.2, 0.25) is 0 Å². The predicted octanol–water partition coefficient (Wildman–Crippen LogP) is -0.351. The van der Waals surface area contributed by atoms with E-state index < -0.39 is 12.1 Å². The Balaban J connectivity index is 2.00. The van der Waals surface area contributed by atoms with Gasteiger partial charge in [-0.15, -0.1) is 0 Å². The minimum Gasteiger partial charge on any atom is -0.464 e. The minimum absolute atomic E-state index is 0.0672. The quantitative estimate of drug-likeness (QED) is 0.557. The molecule has 12 heavy (non-hydrogen) atoms. The van der Waals surface area contributed by atoms with E-state index in [0.717, 1.165) is 12.3 Å². The van der Waals surface area contributed by atoms with Crippen molar-refractivity contribution in [3.05, 3.63) is 0 Å². The lowest BCUT2D eigenvalue weighted by molar-refractivity contribution is -0.153. The van der Waals surface area contributed by atoms with Crippen LogP contribution in [0.25, 0.3) is 0 Å². The van der Waals surface area contributed by atoms with Crippen molar-refractivity contribution in [3.8, 4) is 0 Å². The van der Waals surface area contributed by atoms with E-state index in [0.29, 0.717) is 6.61 Å². The van der Waals surface area contributed by atoms with Crippen LogP contribution < -0.4 is 5.73 Å². The van der Waals surface area contributed by atoms with Gasteiger partial charge in [0.2, 0.25) is 0 Å². The van der Waals surface area contributed by atoms with Crippen LogP contribution in [-0.2, 0) is 9.53 Å². The van der Waals surface area contributed by atoms with Gasteiger partial charge in [-0.1, -0.05) is 12.8 Å². The van der Waals surface area contributed by atoms with Gasteiger partial charge in [-0.2, -0.15) is 0 Å². The summed E-state index contributed by atoms with van der Waals surface area (Å²) in [4.78, 5) is 10.8. The third kappa shape index (κ3) is 3.19. The van der Waals surface area contributed by atoms with E-state index >= 15 is 0 Å². The van der Waals surface area contributed by atoms with Gasteiger partial charge in [0.15, 0.2) is 6.10 Å². The molecule has 1 aliphatic rings. The third-order valence-electron chi connectivity index (χ3n) is 1.96.